The van der Waals surface area contributed by atoms with Crippen LogP contribution >= 0.6 is 11.6 Å². The molecule has 0 spiro atoms. The summed E-state index contributed by atoms with van der Waals surface area (Å²) in [4.78, 5) is 25.4. The molecule has 2 unspecified atom stereocenters. The van der Waals surface area contributed by atoms with Crippen molar-refractivity contribution in [1.29, 1.82) is 0 Å². The van der Waals surface area contributed by atoms with Crippen molar-refractivity contribution in [3.05, 3.63) is 31.8 Å². The maximum atomic E-state index is 13.4. The number of halogens is 2. The molecule has 6 heteroatoms. The molecule has 1 aliphatic carbocycles. The van der Waals surface area contributed by atoms with Crippen LogP contribution in [0.3, 0.4) is 0 Å². The highest BCUT2D eigenvalue weighted by Crippen LogP contribution is 2.30. The lowest BCUT2D eigenvalue weighted by atomic mass is 9.81. The summed E-state index contributed by atoms with van der Waals surface area (Å²) in [5.74, 6) is 0.114. The number of aromatic nitrogens is 2. The monoisotopic (exact) mass is 288 g/mol. The van der Waals surface area contributed by atoms with Crippen molar-refractivity contribution in [3.8, 4) is 0 Å². The van der Waals surface area contributed by atoms with E-state index < -0.39 is 22.2 Å². The van der Waals surface area contributed by atoms with Crippen LogP contribution < -0.4 is 11.2 Å². The Morgan fingerprint density at radius 3 is 2.84 bits per heavy atom. The number of aromatic amines is 1. The molecule has 0 aromatic carbocycles. The van der Waals surface area contributed by atoms with Crippen molar-refractivity contribution >= 4 is 11.6 Å². The standard InChI is InChI=1S/C13H18ClFN2O2/c1-8-3-2-4-9(7-8)5-6-17-12(18)10(15)11(14)16-13(17)19/h8-9H,2-7H2,1H3,(H,16,19). The molecule has 1 saturated carbocycles. The molecule has 1 aromatic heterocycles. The highest BCUT2D eigenvalue weighted by atomic mass is 35.5. The Morgan fingerprint density at radius 1 is 1.42 bits per heavy atom. The number of hydrogen-bond acceptors (Lipinski definition) is 2. The predicted octanol–water partition coefficient (Wildman–Crippen LogP) is 2.55. The molecule has 19 heavy (non-hydrogen) atoms. The quantitative estimate of drug-likeness (QED) is 0.869. The van der Waals surface area contributed by atoms with E-state index in [9.17, 15) is 14.0 Å². The summed E-state index contributed by atoms with van der Waals surface area (Å²) in [6.07, 6.45) is 5.39. The van der Waals surface area contributed by atoms with Crippen LogP contribution in [0.4, 0.5) is 4.39 Å². The third-order valence-electron chi connectivity index (χ3n) is 3.89. The molecule has 1 heterocycles. The first kappa shape index (κ1) is 14.3. The summed E-state index contributed by atoms with van der Waals surface area (Å²) >= 11 is 5.42. The average Bonchev–Trinajstić information content (AvgIpc) is 2.36. The van der Waals surface area contributed by atoms with Gasteiger partial charge in [0, 0.05) is 6.54 Å². The van der Waals surface area contributed by atoms with Gasteiger partial charge in [-0.25, -0.2) is 4.79 Å². The molecule has 0 amide bonds. The maximum Gasteiger partial charge on any atom is 0.329 e. The lowest BCUT2D eigenvalue weighted by Gasteiger charge is -2.26. The van der Waals surface area contributed by atoms with E-state index in [-0.39, 0.29) is 6.54 Å². The highest BCUT2D eigenvalue weighted by Gasteiger charge is 2.20. The molecule has 2 atom stereocenters. The molecule has 0 saturated heterocycles. The topological polar surface area (TPSA) is 54.9 Å². The average molecular weight is 289 g/mol. The fourth-order valence-corrected chi connectivity index (χ4v) is 3.02. The smallest absolute Gasteiger partial charge is 0.295 e. The lowest BCUT2D eigenvalue weighted by molar-refractivity contribution is 0.258. The van der Waals surface area contributed by atoms with Crippen LogP contribution in [0.1, 0.15) is 39.0 Å². The minimum atomic E-state index is -1.08. The van der Waals surface area contributed by atoms with Gasteiger partial charge in [0.15, 0.2) is 5.15 Å². The van der Waals surface area contributed by atoms with Crippen molar-refractivity contribution in [2.75, 3.05) is 0 Å². The first-order chi connectivity index (χ1) is 8.99. The van der Waals surface area contributed by atoms with E-state index in [1.54, 1.807) is 0 Å². The van der Waals surface area contributed by atoms with Gasteiger partial charge in [0.05, 0.1) is 0 Å². The van der Waals surface area contributed by atoms with Crippen LogP contribution in [0, 0.1) is 17.7 Å². The van der Waals surface area contributed by atoms with Gasteiger partial charge >= 0.3 is 5.69 Å². The van der Waals surface area contributed by atoms with Gasteiger partial charge in [-0.15, -0.1) is 0 Å². The number of rotatable bonds is 3. The van der Waals surface area contributed by atoms with Crippen molar-refractivity contribution in [1.82, 2.24) is 9.55 Å². The van der Waals surface area contributed by atoms with Crippen LogP contribution in [-0.4, -0.2) is 9.55 Å². The summed E-state index contributed by atoms with van der Waals surface area (Å²) in [5.41, 5.74) is -1.57. The molecule has 1 fully saturated rings. The van der Waals surface area contributed by atoms with Crippen LogP contribution in [0.5, 0.6) is 0 Å². The summed E-state index contributed by atoms with van der Waals surface area (Å²) in [5, 5.41) is -0.516. The Balaban J connectivity index is 2.10. The number of H-pyrrole nitrogens is 1. The summed E-state index contributed by atoms with van der Waals surface area (Å²) in [6.45, 7) is 2.47. The normalized spacial score (nSPS) is 23.5. The third kappa shape index (κ3) is 3.26. The van der Waals surface area contributed by atoms with Gasteiger partial charge in [-0.3, -0.25) is 14.3 Å². The number of nitrogens with one attached hydrogen (secondary N) is 1. The molecule has 4 nitrogen and oxygen atoms in total. The van der Waals surface area contributed by atoms with E-state index in [4.69, 9.17) is 11.6 Å². The largest absolute Gasteiger partial charge is 0.329 e. The second kappa shape index (κ2) is 5.90. The fourth-order valence-electron chi connectivity index (χ4n) is 2.86. The van der Waals surface area contributed by atoms with Crippen molar-refractivity contribution in [2.24, 2.45) is 11.8 Å². The van der Waals surface area contributed by atoms with E-state index in [1.807, 2.05) is 0 Å². The summed E-state index contributed by atoms with van der Waals surface area (Å²) in [7, 11) is 0. The van der Waals surface area contributed by atoms with Gasteiger partial charge in [-0.05, 0) is 24.7 Å². The zero-order valence-electron chi connectivity index (χ0n) is 10.9. The van der Waals surface area contributed by atoms with E-state index >= 15 is 0 Å². The van der Waals surface area contributed by atoms with E-state index in [1.165, 1.54) is 12.8 Å². The Hall–Kier alpha value is -1.10. The first-order valence-electron chi connectivity index (χ1n) is 6.67. The van der Waals surface area contributed by atoms with Gasteiger partial charge in [0.25, 0.3) is 5.56 Å². The molecule has 1 aliphatic rings. The third-order valence-corrected chi connectivity index (χ3v) is 4.15. The van der Waals surface area contributed by atoms with Crippen LogP contribution in [-0.2, 0) is 6.54 Å². The van der Waals surface area contributed by atoms with Crippen molar-refractivity contribution < 1.29 is 4.39 Å². The van der Waals surface area contributed by atoms with E-state index in [0.29, 0.717) is 11.8 Å². The first-order valence-corrected chi connectivity index (χ1v) is 7.05. The van der Waals surface area contributed by atoms with Crippen LogP contribution in [0.2, 0.25) is 5.15 Å². The molecule has 106 valence electrons. The summed E-state index contributed by atoms with van der Waals surface area (Å²) in [6, 6.07) is 0. The fraction of sp³-hybridized carbons (Fsp3) is 0.692. The zero-order valence-corrected chi connectivity index (χ0v) is 11.7. The maximum absolute atomic E-state index is 13.4. The molecule has 2 rings (SSSR count). The number of nitrogens with zero attached hydrogens (tertiary/aromatic N) is 1. The molecule has 0 bridgehead atoms. The van der Waals surface area contributed by atoms with Gasteiger partial charge in [0.2, 0.25) is 5.82 Å². The van der Waals surface area contributed by atoms with Gasteiger partial charge in [-0.1, -0.05) is 37.8 Å². The van der Waals surface area contributed by atoms with Crippen molar-refractivity contribution in [3.63, 3.8) is 0 Å². The Kier molecular flexibility index (Phi) is 4.45. The Labute approximate surface area is 115 Å². The molecular weight excluding hydrogens is 271 g/mol. The Bertz CT molecular complexity index is 567. The van der Waals surface area contributed by atoms with Crippen molar-refractivity contribution in [2.45, 2.75) is 45.6 Å². The van der Waals surface area contributed by atoms with E-state index in [0.717, 1.165) is 23.8 Å². The lowest BCUT2D eigenvalue weighted by Crippen LogP contribution is -2.37. The zero-order chi connectivity index (χ0) is 14.0. The number of hydrogen-bond donors (Lipinski definition) is 1. The van der Waals surface area contributed by atoms with Gasteiger partial charge < -0.3 is 0 Å². The van der Waals surface area contributed by atoms with Crippen LogP contribution in [0.15, 0.2) is 9.59 Å². The molecule has 0 aliphatic heterocycles. The molecular formula is C13H18ClFN2O2. The molecule has 0 radical (unpaired) electrons. The Morgan fingerprint density at radius 2 is 2.16 bits per heavy atom. The molecule has 1 N–H and O–H groups in total. The summed E-state index contributed by atoms with van der Waals surface area (Å²) < 4.78 is 14.3. The van der Waals surface area contributed by atoms with Gasteiger partial charge in [0.1, 0.15) is 0 Å². The SMILES string of the molecule is CC1CCCC(CCn2c(=O)[nH]c(Cl)c(F)c2=O)C1. The minimum absolute atomic E-state index is 0.250. The molecule has 1 aromatic rings. The minimum Gasteiger partial charge on any atom is -0.295 e. The van der Waals surface area contributed by atoms with E-state index in [2.05, 4.69) is 11.9 Å². The predicted molar refractivity (Wildman–Crippen MR) is 72.0 cm³/mol. The highest BCUT2D eigenvalue weighted by molar-refractivity contribution is 6.29. The van der Waals surface area contributed by atoms with Gasteiger partial charge in [-0.2, -0.15) is 4.39 Å². The second-order valence-electron chi connectivity index (χ2n) is 5.44. The van der Waals surface area contributed by atoms with Crippen LogP contribution in [0.25, 0.3) is 0 Å². The second-order valence-corrected chi connectivity index (χ2v) is 5.82.